The van der Waals surface area contributed by atoms with Crippen LogP contribution < -0.4 is 21.3 Å². The Morgan fingerprint density at radius 1 is 1.20 bits per heavy atom. The molecule has 0 saturated carbocycles. The third-order valence-corrected chi connectivity index (χ3v) is 4.54. The Balaban J connectivity index is 1.78. The van der Waals surface area contributed by atoms with Crippen LogP contribution in [0.4, 0.5) is 10.5 Å². The minimum atomic E-state index is -0.482. The first-order chi connectivity index (χ1) is 12.2. The zero-order valence-corrected chi connectivity index (χ0v) is 14.5. The smallest absolute Gasteiger partial charge is 0.333 e. The quantitative estimate of drug-likeness (QED) is 0.370. The van der Waals surface area contributed by atoms with Crippen molar-refractivity contribution in [1.29, 1.82) is 0 Å². The van der Waals surface area contributed by atoms with Gasteiger partial charge >= 0.3 is 6.03 Å². The number of nitrogens with zero attached hydrogens (tertiary/aromatic N) is 1. The van der Waals surface area contributed by atoms with E-state index in [1.165, 1.54) is 0 Å². The summed E-state index contributed by atoms with van der Waals surface area (Å²) in [5, 5.41) is 4.71. The molecule has 3 rings (SSSR count). The van der Waals surface area contributed by atoms with E-state index in [2.05, 4.69) is 15.7 Å². The van der Waals surface area contributed by atoms with Gasteiger partial charge in [-0.2, -0.15) is 0 Å². The largest absolute Gasteiger partial charge is 0.473 e. The van der Waals surface area contributed by atoms with Gasteiger partial charge in [-0.3, -0.25) is 5.43 Å². The van der Waals surface area contributed by atoms with E-state index in [1.54, 1.807) is 17.4 Å². The Morgan fingerprint density at radius 3 is 2.80 bits per heavy atom. The van der Waals surface area contributed by atoms with Crippen LogP contribution in [0.1, 0.15) is 11.1 Å². The molecule has 0 radical (unpaired) electrons. The fraction of sp³-hybridized carbons (Fsp3) is 0.111. The van der Waals surface area contributed by atoms with Crippen LogP contribution in [-0.4, -0.2) is 11.0 Å². The number of thiophene rings is 1. The van der Waals surface area contributed by atoms with Gasteiger partial charge in [0.25, 0.3) is 0 Å². The minimum absolute atomic E-state index is 0.285. The third-order valence-electron chi connectivity index (χ3n) is 3.65. The molecule has 0 aliphatic carbocycles. The Hall–Kier alpha value is -2.90. The van der Waals surface area contributed by atoms with Crippen molar-refractivity contribution in [2.24, 2.45) is 5.84 Å². The number of hydrogen-bond acceptors (Lipinski definition) is 5. The van der Waals surface area contributed by atoms with E-state index in [0.29, 0.717) is 11.6 Å². The lowest BCUT2D eigenvalue weighted by Gasteiger charge is -2.14. The summed E-state index contributed by atoms with van der Waals surface area (Å²) in [5.41, 5.74) is 5.45. The number of carbonyl (C=O) groups is 1. The van der Waals surface area contributed by atoms with Crippen LogP contribution in [0.5, 0.6) is 5.88 Å². The second-order valence-corrected chi connectivity index (χ2v) is 6.27. The highest BCUT2D eigenvalue weighted by molar-refractivity contribution is 7.13. The van der Waals surface area contributed by atoms with Crippen molar-refractivity contribution in [3.8, 4) is 16.5 Å². The molecule has 0 saturated heterocycles. The maximum Gasteiger partial charge on any atom is 0.333 e. The fourth-order valence-electron chi connectivity index (χ4n) is 2.37. The lowest BCUT2D eigenvalue weighted by molar-refractivity contribution is 0.252. The zero-order valence-electron chi connectivity index (χ0n) is 13.7. The fourth-order valence-corrected chi connectivity index (χ4v) is 3.07. The van der Waals surface area contributed by atoms with E-state index < -0.39 is 6.03 Å². The van der Waals surface area contributed by atoms with Crippen LogP contribution in [-0.2, 0) is 6.61 Å². The number of anilines is 1. The van der Waals surface area contributed by atoms with Crippen molar-refractivity contribution in [3.63, 3.8) is 0 Å². The van der Waals surface area contributed by atoms with Gasteiger partial charge in [0.1, 0.15) is 6.61 Å². The van der Waals surface area contributed by atoms with Crippen LogP contribution >= 0.6 is 11.3 Å². The Bertz CT molecular complexity index is 865. The molecule has 0 fully saturated rings. The third kappa shape index (κ3) is 4.14. The van der Waals surface area contributed by atoms with E-state index in [0.717, 1.165) is 21.7 Å². The first-order valence-electron chi connectivity index (χ1n) is 7.67. The molecule has 0 spiro atoms. The van der Waals surface area contributed by atoms with Crippen LogP contribution in [0.2, 0.25) is 0 Å². The molecule has 0 aliphatic rings. The number of ether oxygens (including phenoxy) is 1. The Morgan fingerprint density at radius 2 is 2.04 bits per heavy atom. The van der Waals surface area contributed by atoms with Gasteiger partial charge in [0.05, 0.1) is 10.6 Å². The average Bonchev–Trinajstić information content (AvgIpc) is 3.16. The summed E-state index contributed by atoms with van der Waals surface area (Å²) in [5.74, 6) is 5.66. The Labute approximate surface area is 149 Å². The number of carbonyl (C=O) groups excluding carboxylic acids is 1. The van der Waals surface area contributed by atoms with E-state index in [4.69, 9.17) is 10.6 Å². The van der Waals surface area contributed by atoms with Crippen molar-refractivity contribution in [2.45, 2.75) is 13.5 Å². The molecule has 2 heterocycles. The van der Waals surface area contributed by atoms with Crippen molar-refractivity contribution in [3.05, 3.63) is 65.0 Å². The lowest BCUT2D eigenvalue weighted by Crippen LogP contribution is -2.34. The number of pyridine rings is 1. The van der Waals surface area contributed by atoms with Gasteiger partial charge < -0.3 is 10.1 Å². The lowest BCUT2D eigenvalue weighted by atomic mass is 10.1. The number of nitrogens with one attached hydrogen (secondary N) is 2. The van der Waals surface area contributed by atoms with Gasteiger partial charge in [0.2, 0.25) is 5.88 Å². The highest BCUT2D eigenvalue weighted by Crippen LogP contribution is 2.26. The molecular weight excluding hydrogens is 336 g/mol. The molecular formula is C18H18N4O2S. The molecule has 0 bridgehead atoms. The van der Waals surface area contributed by atoms with E-state index in [-0.39, 0.29) is 6.61 Å². The molecule has 1 aromatic carbocycles. The van der Waals surface area contributed by atoms with Crippen LogP contribution in [0, 0.1) is 6.92 Å². The summed E-state index contributed by atoms with van der Waals surface area (Å²) in [7, 11) is 0. The van der Waals surface area contributed by atoms with Gasteiger partial charge in [0.15, 0.2) is 0 Å². The maximum atomic E-state index is 11.5. The molecule has 4 N–H and O–H groups in total. The van der Waals surface area contributed by atoms with Crippen molar-refractivity contribution in [1.82, 2.24) is 10.4 Å². The summed E-state index contributed by atoms with van der Waals surface area (Å²) >= 11 is 1.63. The van der Waals surface area contributed by atoms with Crippen molar-refractivity contribution in [2.75, 3.05) is 5.32 Å². The molecule has 3 aromatic rings. The van der Waals surface area contributed by atoms with E-state index in [9.17, 15) is 4.79 Å². The monoisotopic (exact) mass is 354 g/mol. The molecule has 2 amide bonds. The summed E-state index contributed by atoms with van der Waals surface area (Å²) in [6.07, 6.45) is 0. The van der Waals surface area contributed by atoms with Crippen LogP contribution in [0.15, 0.2) is 53.9 Å². The van der Waals surface area contributed by atoms with Gasteiger partial charge in [-0.15, -0.1) is 11.3 Å². The van der Waals surface area contributed by atoms with Crippen molar-refractivity contribution >= 4 is 23.1 Å². The number of amides is 2. The summed E-state index contributed by atoms with van der Waals surface area (Å²) in [6, 6.07) is 14.8. The zero-order chi connectivity index (χ0) is 17.6. The van der Waals surface area contributed by atoms with E-state index >= 15 is 0 Å². The van der Waals surface area contributed by atoms with Crippen LogP contribution in [0.3, 0.4) is 0 Å². The molecule has 6 nitrogen and oxygen atoms in total. The van der Waals surface area contributed by atoms with Gasteiger partial charge in [-0.1, -0.05) is 24.3 Å². The molecule has 7 heteroatoms. The molecule has 0 unspecified atom stereocenters. The molecule has 0 atom stereocenters. The van der Waals surface area contributed by atoms with E-state index in [1.807, 2.05) is 54.8 Å². The number of urea groups is 1. The van der Waals surface area contributed by atoms with Gasteiger partial charge in [-0.25, -0.2) is 15.6 Å². The summed E-state index contributed by atoms with van der Waals surface area (Å²) in [4.78, 5) is 17.1. The van der Waals surface area contributed by atoms with Crippen LogP contribution in [0.25, 0.3) is 10.6 Å². The van der Waals surface area contributed by atoms with Crippen molar-refractivity contribution < 1.29 is 9.53 Å². The second-order valence-electron chi connectivity index (χ2n) is 5.33. The average molecular weight is 354 g/mol. The Kier molecular flexibility index (Phi) is 5.27. The maximum absolute atomic E-state index is 11.5. The highest BCUT2D eigenvalue weighted by atomic mass is 32.1. The number of benzene rings is 1. The predicted molar refractivity (Wildman–Crippen MR) is 99.4 cm³/mol. The molecule has 0 aliphatic heterocycles. The number of rotatable bonds is 5. The molecule has 128 valence electrons. The van der Waals surface area contributed by atoms with Gasteiger partial charge in [0, 0.05) is 17.3 Å². The first kappa shape index (κ1) is 16.9. The summed E-state index contributed by atoms with van der Waals surface area (Å²) in [6.45, 7) is 2.24. The number of hydrogen-bond donors (Lipinski definition) is 3. The number of aryl methyl sites for hydroxylation is 1. The molecule has 2 aromatic heterocycles. The SMILES string of the molecule is Cc1cccc(NC(=O)NN)c1COc1cccc(-c2cccs2)n1. The normalized spacial score (nSPS) is 10.3. The molecule has 25 heavy (non-hydrogen) atoms. The second kappa shape index (κ2) is 7.78. The summed E-state index contributed by atoms with van der Waals surface area (Å²) < 4.78 is 5.86. The number of aromatic nitrogens is 1. The predicted octanol–water partition coefficient (Wildman–Crippen LogP) is 3.69. The highest BCUT2D eigenvalue weighted by Gasteiger charge is 2.10. The van der Waals surface area contributed by atoms with Gasteiger partial charge in [-0.05, 0) is 36.1 Å². The standard InChI is InChI=1S/C18H18N4O2S/c1-12-5-2-6-14(21-18(23)22-19)13(12)11-24-17-9-3-7-15(20-17)16-8-4-10-25-16/h2-10H,11,19H2,1H3,(H2,21,22,23). The first-order valence-corrected chi connectivity index (χ1v) is 8.55. The number of hydrazine groups is 1. The number of nitrogens with two attached hydrogens (primary N) is 1. The topological polar surface area (TPSA) is 89.3 Å². The minimum Gasteiger partial charge on any atom is -0.473 e.